The number of hydrogen-bond acceptors (Lipinski definition) is 7. The molecule has 2 aliphatic heterocycles. The molecule has 0 bridgehead atoms. The molecule has 0 aromatic heterocycles. The number of carbonyl (C=O) groups excluding carboxylic acids is 2. The summed E-state index contributed by atoms with van der Waals surface area (Å²) >= 11 is 0. The number of aliphatic hydroxyl groups excluding tert-OH is 1. The van der Waals surface area contributed by atoms with E-state index in [1.54, 1.807) is 11.0 Å². The normalized spacial score (nSPS) is 30.2. The molecule has 32 heavy (non-hydrogen) atoms. The first-order valence-corrected chi connectivity index (χ1v) is 11.1. The van der Waals surface area contributed by atoms with Gasteiger partial charge in [0.15, 0.2) is 0 Å². The van der Waals surface area contributed by atoms with Crippen molar-refractivity contribution in [1.29, 1.82) is 0 Å². The smallest absolute Gasteiger partial charge is 0.312 e. The first-order valence-electron chi connectivity index (χ1n) is 11.1. The highest BCUT2D eigenvalue weighted by atomic mass is 19.1. The Balaban J connectivity index is 1.31. The molecular weight excluding hydrogens is 419 g/mol. The van der Waals surface area contributed by atoms with E-state index in [9.17, 15) is 19.1 Å². The van der Waals surface area contributed by atoms with Gasteiger partial charge in [-0.25, -0.2) is 4.39 Å². The molecule has 9 nitrogen and oxygen atoms in total. The van der Waals surface area contributed by atoms with E-state index in [1.807, 2.05) is 17.9 Å². The van der Waals surface area contributed by atoms with E-state index in [0.717, 1.165) is 18.5 Å². The predicted octanol–water partition coefficient (Wildman–Crippen LogP) is 0.311. The molecule has 5 atom stereocenters. The number of benzene rings is 1. The number of carbonyl (C=O) groups is 2. The van der Waals surface area contributed by atoms with Gasteiger partial charge in [0.05, 0.1) is 12.7 Å². The lowest BCUT2D eigenvalue weighted by atomic mass is 9.89. The Labute approximate surface area is 186 Å². The lowest BCUT2D eigenvalue weighted by molar-refractivity contribution is -0.148. The van der Waals surface area contributed by atoms with E-state index in [-0.39, 0.29) is 36.7 Å². The van der Waals surface area contributed by atoms with E-state index < -0.39 is 18.2 Å². The number of anilines is 1. The first kappa shape index (κ1) is 22.9. The lowest BCUT2D eigenvalue weighted by Gasteiger charge is -2.41. The molecule has 2 saturated heterocycles. The van der Waals surface area contributed by atoms with Gasteiger partial charge in [0.2, 0.25) is 6.41 Å². The van der Waals surface area contributed by atoms with Gasteiger partial charge in [-0.05, 0) is 38.3 Å². The molecule has 176 valence electrons. The summed E-state index contributed by atoms with van der Waals surface area (Å²) in [5.74, 6) is -1.49. The number of halogens is 1. The van der Waals surface area contributed by atoms with Gasteiger partial charge in [-0.2, -0.15) is 0 Å². The minimum Gasteiger partial charge on any atom is -0.380 e. The molecule has 2 heterocycles. The maximum absolute atomic E-state index is 14.3. The summed E-state index contributed by atoms with van der Waals surface area (Å²) in [5, 5.41) is 15.3. The van der Waals surface area contributed by atoms with E-state index in [0.29, 0.717) is 31.6 Å². The third kappa shape index (κ3) is 4.88. The van der Waals surface area contributed by atoms with Crippen molar-refractivity contribution in [2.45, 2.75) is 63.4 Å². The van der Waals surface area contributed by atoms with Gasteiger partial charge in [0, 0.05) is 56.1 Å². The molecule has 0 spiro atoms. The standard InChI is InChI=1S/C22H31FN4O5/c1-13-11-26(16-5-3-14(12-31-2)17(23)10-16)7-8-27(13)21(29)20(28)24-15-4-6-18-19(9-15)32-22(30)25-18/h3,5,10,13,15,18-19,22,25,30H,4,6-9,11-12H2,1-2H3,(H,24,28)/t13?,15?,18?,19?,22-/m0/s1. The fraction of sp³-hybridized carbons (Fsp3) is 0.636. The molecule has 1 saturated carbocycles. The summed E-state index contributed by atoms with van der Waals surface area (Å²) < 4.78 is 24.7. The Bertz CT molecular complexity index is 856. The number of nitrogens with one attached hydrogen (secondary N) is 2. The number of amides is 2. The summed E-state index contributed by atoms with van der Waals surface area (Å²) in [6, 6.07) is 4.76. The molecule has 4 rings (SSSR count). The molecule has 1 aromatic rings. The van der Waals surface area contributed by atoms with Crippen LogP contribution in [0.15, 0.2) is 18.2 Å². The minimum absolute atomic E-state index is 0.0790. The second-order valence-electron chi connectivity index (χ2n) is 8.79. The van der Waals surface area contributed by atoms with Crippen LogP contribution in [0.3, 0.4) is 0 Å². The monoisotopic (exact) mass is 450 g/mol. The third-order valence-electron chi connectivity index (χ3n) is 6.57. The van der Waals surface area contributed by atoms with Crippen molar-refractivity contribution in [3.63, 3.8) is 0 Å². The molecule has 10 heteroatoms. The van der Waals surface area contributed by atoms with E-state index >= 15 is 0 Å². The highest BCUT2D eigenvalue weighted by Crippen LogP contribution is 2.27. The number of fused-ring (bicyclic) bond motifs is 1. The van der Waals surface area contributed by atoms with Crippen molar-refractivity contribution in [2.75, 3.05) is 31.6 Å². The van der Waals surface area contributed by atoms with Crippen LogP contribution in [0.4, 0.5) is 10.1 Å². The topological polar surface area (TPSA) is 103 Å². The predicted molar refractivity (Wildman–Crippen MR) is 114 cm³/mol. The van der Waals surface area contributed by atoms with Crippen LogP contribution in [-0.4, -0.2) is 79.2 Å². The summed E-state index contributed by atoms with van der Waals surface area (Å²) in [4.78, 5) is 29.0. The van der Waals surface area contributed by atoms with Gasteiger partial charge < -0.3 is 29.7 Å². The SMILES string of the molecule is COCc1ccc(N2CCN(C(=O)C(=O)NC3CCC4N[C@@H](O)OC4C3)C(C)C2)cc1F. The van der Waals surface area contributed by atoms with Crippen LogP contribution in [0.1, 0.15) is 31.7 Å². The zero-order valence-corrected chi connectivity index (χ0v) is 18.4. The molecule has 3 fully saturated rings. The zero-order chi connectivity index (χ0) is 22.8. The lowest BCUT2D eigenvalue weighted by Crippen LogP contribution is -2.58. The number of rotatable bonds is 4. The molecule has 2 amide bonds. The number of piperazine rings is 1. The van der Waals surface area contributed by atoms with Gasteiger partial charge in [-0.3, -0.25) is 14.9 Å². The highest BCUT2D eigenvalue weighted by Gasteiger charge is 2.40. The van der Waals surface area contributed by atoms with Crippen molar-refractivity contribution in [1.82, 2.24) is 15.5 Å². The van der Waals surface area contributed by atoms with Crippen molar-refractivity contribution in [2.24, 2.45) is 0 Å². The Kier molecular flexibility index (Phi) is 6.94. The van der Waals surface area contributed by atoms with Crippen LogP contribution < -0.4 is 15.5 Å². The van der Waals surface area contributed by atoms with Crippen molar-refractivity contribution in [3.8, 4) is 0 Å². The summed E-state index contributed by atoms with van der Waals surface area (Å²) in [7, 11) is 1.52. The highest BCUT2D eigenvalue weighted by molar-refractivity contribution is 6.35. The quantitative estimate of drug-likeness (QED) is 0.568. The van der Waals surface area contributed by atoms with Crippen LogP contribution in [0.2, 0.25) is 0 Å². The molecule has 3 N–H and O–H groups in total. The minimum atomic E-state index is -0.970. The van der Waals surface area contributed by atoms with Crippen molar-refractivity contribution in [3.05, 3.63) is 29.6 Å². The second-order valence-corrected chi connectivity index (χ2v) is 8.79. The summed E-state index contributed by atoms with van der Waals surface area (Å²) in [6.45, 7) is 3.50. The largest absolute Gasteiger partial charge is 0.380 e. The Hall–Kier alpha value is -2.27. The number of ether oxygens (including phenoxy) is 2. The Morgan fingerprint density at radius 2 is 2.16 bits per heavy atom. The van der Waals surface area contributed by atoms with E-state index in [4.69, 9.17) is 9.47 Å². The molecular formula is C22H31FN4O5. The van der Waals surface area contributed by atoms with Crippen LogP contribution in [-0.2, 0) is 25.7 Å². The molecule has 4 unspecified atom stereocenters. The fourth-order valence-electron chi connectivity index (χ4n) is 4.87. The van der Waals surface area contributed by atoms with E-state index in [1.165, 1.54) is 13.2 Å². The van der Waals surface area contributed by atoms with Crippen molar-refractivity contribution >= 4 is 17.5 Å². The van der Waals surface area contributed by atoms with E-state index in [2.05, 4.69) is 10.6 Å². The number of aliphatic hydroxyl groups is 1. The maximum atomic E-state index is 14.3. The second kappa shape index (κ2) is 9.70. The Morgan fingerprint density at radius 1 is 1.34 bits per heavy atom. The number of nitrogens with zero attached hydrogens (tertiary/aromatic N) is 2. The van der Waals surface area contributed by atoms with Crippen LogP contribution in [0.5, 0.6) is 0 Å². The summed E-state index contributed by atoms with van der Waals surface area (Å²) in [6.07, 6.45) is 0.898. The maximum Gasteiger partial charge on any atom is 0.312 e. The Morgan fingerprint density at radius 3 is 2.88 bits per heavy atom. The molecule has 1 aromatic carbocycles. The zero-order valence-electron chi connectivity index (χ0n) is 18.4. The van der Waals surface area contributed by atoms with Gasteiger partial charge in [-0.15, -0.1) is 0 Å². The van der Waals surface area contributed by atoms with Crippen molar-refractivity contribution < 1.29 is 28.6 Å². The summed E-state index contributed by atoms with van der Waals surface area (Å²) in [5.41, 5.74) is 1.24. The number of hydrogen-bond donors (Lipinski definition) is 3. The van der Waals surface area contributed by atoms with Gasteiger partial charge in [0.1, 0.15) is 5.82 Å². The van der Waals surface area contributed by atoms with Gasteiger partial charge in [-0.1, -0.05) is 6.07 Å². The average Bonchev–Trinajstić information content (AvgIpc) is 3.14. The van der Waals surface area contributed by atoms with Crippen LogP contribution in [0.25, 0.3) is 0 Å². The van der Waals surface area contributed by atoms with Crippen LogP contribution >= 0.6 is 0 Å². The fourth-order valence-corrected chi connectivity index (χ4v) is 4.87. The average molecular weight is 451 g/mol. The molecule has 3 aliphatic rings. The van der Waals surface area contributed by atoms with Gasteiger partial charge >= 0.3 is 11.8 Å². The van der Waals surface area contributed by atoms with Gasteiger partial charge in [0.25, 0.3) is 0 Å². The number of methoxy groups -OCH3 is 1. The molecule has 1 aliphatic carbocycles. The molecule has 0 radical (unpaired) electrons. The first-order chi connectivity index (χ1) is 15.4. The van der Waals surface area contributed by atoms with Crippen LogP contribution in [0, 0.1) is 5.82 Å². The third-order valence-corrected chi connectivity index (χ3v) is 6.57.